The van der Waals surface area contributed by atoms with Crippen molar-refractivity contribution < 1.29 is 8.83 Å². The minimum atomic E-state index is -0.196. The minimum absolute atomic E-state index is 0.196. The van der Waals surface area contributed by atoms with Crippen molar-refractivity contribution in [2.24, 2.45) is 0 Å². The first kappa shape index (κ1) is 43.7. The summed E-state index contributed by atoms with van der Waals surface area (Å²) in [6, 6.07) is 88.0. The Hall–Kier alpha value is -9.12. The lowest BCUT2D eigenvalue weighted by Crippen LogP contribution is -2.19. The van der Waals surface area contributed by atoms with Gasteiger partial charge in [0.1, 0.15) is 11.2 Å². The van der Waals surface area contributed by atoms with Gasteiger partial charge in [0.15, 0.2) is 11.2 Å². The molecule has 0 aliphatic carbocycles. The maximum atomic E-state index is 6.84. The number of rotatable bonds is 10. The lowest BCUT2D eigenvalue weighted by atomic mass is 9.78. The Kier molecular flexibility index (Phi) is 9.87. The van der Waals surface area contributed by atoms with Crippen LogP contribution < -0.4 is 9.80 Å². The van der Waals surface area contributed by atoms with Crippen LogP contribution in [0.3, 0.4) is 0 Å². The molecule has 0 amide bonds. The van der Waals surface area contributed by atoms with Gasteiger partial charge in [-0.05, 0) is 104 Å². The molecule has 0 radical (unpaired) electrons. The molecule has 0 saturated carbocycles. The lowest BCUT2D eigenvalue weighted by Gasteiger charge is -2.31. The van der Waals surface area contributed by atoms with Crippen LogP contribution >= 0.6 is 0 Å². The predicted octanol–water partition coefficient (Wildman–Crippen LogP) is 20.0. The zero-order chi connectivity index (χ0) is 49.7. The van der Waals surface area contributed by atoms with Gasteiger partial charge in [0, 0.05) is 54.5 Å². The fourth-order valence-corrected chi connectivity index (χ4v) is 11.9. The van der Waals surface area contributed by atoms with Crippen molar-refractivity contribution in [3.05, 3.63) is 265 Å². The standard InChI is InChI=1S/C70H52N2O2/c1-69(2,47-17-7-5-8-18-47)49-33-37-51(38-34-49)71(61-25-15-23-55-53-21-11-13-27-63(53)73-67(55)61)59-43-31-45-30-42-58-60(44-32-46-29-41-57(59)65(45)66(46)58)72(62-26-16-24-56-54-22-12-14-28-64(54)74-68(56)62)52-39-35-50(36-40-52)70(3,4)48-19-9-6-10-20-48/h5-44H,1-4H3. The summed E-state index contributed by atoms with van der Waals surface area (Å²) in [6.07, 6.45) is 0. The van der Waals surface area contributed by atoms with Crippen molar-refractivity contribution in [1.29, 1.82) is 0 Å². The highest BCUT2D eigenvalue weighted by Crippen LogP contribution is 2.51. The van der Waals surface area contributed by atoms with Gasteiger partial charge < -0.3 is 18.6 Å². The van der Waals surface area contributed by atoms with Gasteiger partial charge in [-0.25, -0.2) is 0 Å². The molecular weight excluding hydrogens is 901 g/mol. The molecule has 74 heavy (non-hydrogen) atoms. The number of hydrogen-bond donors (Lipinski definition) is 0. The number of nitrogens with zero attached hydrogens (tertiary/aromatic N) is 2. The highest BCUT2D eigenvalue weighted by Gasteiger charge is 2.29. The van der Waals surface area contributed by atoms with E-state index in [1.54, 1.807) is 0 Å². The van der Waals surface area contributed by atoms with Crippen LogP contribution in [0.15, 0.2) is 251 Å². The minimum Gasteiger partial charge on any atom is -0.454 e. The Balaban J connectivity index is 0.988. The van der Waals surface area contributed by atoms with Crippen molar-refractivity contribution in [2.45, 2.75) is 38.5 Å². The van der Waals surface area contributed by atoms with Crippen LogP contribution in [0.1, 0.15) is 49.9 Å². The van der Waals surface area contributed by atoms with E-state index < -0.39 is 0 Å². The number of para-hydroxylation sites is 4. The first-order valence-corrected chi connectivity index (χ1v) is 25.7. The molecule has 0 bridgehead atoms. The van der Waals surface area contributed by atoms with Crippen LogP contribution in [-0.4, -0.2) is 0 Å². The third-order valence-corrected chi connectivity index (χ3v) is 16.0. The summed E-state index contributed by atoms with van der Waals surface area (Å²) < 4.78 is 13.7. The number of fused-ring (bicyclic) bond motifs is 6. The molecule has 14 aromatic rings. The molecule has 12 aromatic carbocycles. The molecular formula is C70H52N2O2. The summed E-state index contributed by atoms with van der Waals surface area (Å²) in [5, 5.41) is 11.5. The molecule has 0 aliphatic heterocycles. The number of benzene rings is 12. The molecule has 0 unspecified atom stereocenters. The molecule has 0 spiro atoms. The molecule has 354 valence electrons. The Labute approximate surface area is 430 Å². The van der Waals surface area contributed by atoms with Crippen LogP contribution in [0, 0.1) is 0 Å². The summed E-state index contributed by atoms with van der Waals surface area (Å²) in [6.45, 7) is 9.22. The monoisotopic (exact) mass is 952 g/mol. The van der Waals surface area contributed by atoms with Gasteiger partial charge in [0.25, 0.3) is 0 Å². The van der Waals surface area contributed by atoms with Gasteiger partial charge >= 0.3 is 0 Å². The highest BCUT2D eigenvalue weighted by molar-refractivity contribution is 6.28. The molecule has 0 atom stereocenters. The van der Waals surface area contributed by atoms with Crippen LogP contribution in [0.25, 0.3) is 76.2 Å². The second kappa shape index (κ2) is 16.7. The zero-order valence-electron chi connectivity index (χ0n) is 41.8. The summed E-state index contributed by atoms with van der Waals surface area (Å²) in [7, 11) is 0. The fourth-order valence-electron chi connectivity index (χ4n) is 11.9. The van der Waals surface area contributed by atoms with Gasteiger partial charge in [-0.1, -0.05) is 210 Å². The van der Waals surface area contributed by atoms with Crippen LogP contribution in [0.4, 0.5) is 34.1 Å². The smallest absolute Gasteiger partial charge is 0.159 e. The van der Waals surface area contributed by atoms with Gasteiger partial charge in [0.2, 0.25) is 0 Å². The molecule has 0 fully saturated rings. The number of anilines is 6. The van der Waals surface area contributed by atoms with Crippen LogP contribution in [0.2, 0.25) is 0 Å². The maximum Gasteiger partial charge on any atom is 0.159 e. The van der Waals surface area contributed by atoms with E-state index in [4.69, 9.17) is 8.83 Å². The van der Waals surface area contributed by atoms with Crippen molar-refractivity contribution in [1.82, 2.24) is 0 Å². The Morgan fingerprint density at radius 2 is 0.622 bits per heavy atom. The second-order valence-corrected chi connectivity index (χ2v) is 20.8. The third-order valence-electron chi connectivity index (χ3n) is 16.0. The zero-order valence-corrected chi connectivity index (χ0v) is 41.8. The van der Waals surface area contributed by atoms with Gasteiger partial charge in [-0.2, -0.15) is 0 Å². The van der Waals surface area contributed by atoms with E-state index in [1.165, 1.54) is 43.8 Å². The maximum absolute atomic E-state index is 6.84. The van der Waals surface area contributed by atoms with Gasteiger partial charge in [-0.3, -0.25) is 0 Å². The van der Waals surface area contributed by atoms with Crippen molar-refractivity contribution in [2.75, 3.05) is 9.80 Å². The average Bonchev–Trinajstić information content (AvgIpc) is 4.08. The summed E-state index contributed by atoms with van der Waals surface area (Å²) in [5.41, 5.74) is 14.3. The number of hydrogen-bond acceptors (Lipinski definition) is 4. The first-order chi connectivity index (χ1) is 36.2. The highest BCUT2D eigenvalue weighted by atomic mass is 16.3. The average molecular weight is 953 g/mol. The molecule has 0 N–H and O–H groups in total. The van der Waals surface area contributed by atoms with E-state index in [9.17, 15) is 0 Å². The summed E-state index contributed by atoms with van der Waals surface area (Å²) >= 11 is 0. The van der Waals surface area contributed by atoms with E-state index >= 15 is 0 Å². The fraction of sp³-hybridized carbons (Fsp3) is 0.0857. The lowest BCUT2D eigenvalue weighted by molar-refractivity contribution is 0.641. The molecule has 4 nitrogen and oxygen atoms in total. The molecule has 0 saturated heterocycles. The van der Waals surface area contributed by atoms with E-state index in [0.29, 0.717) is 0 Å². The van der Waals surface area contributed by atoms with E-state index in [2.05, 4.69) is 268 Å². The Morgan fingerprint density at radius 1 is 0.270 bits per heavy atom. The topological polar surface area (TPSA) is 32.8 Å². The predicted molar refractivity (Wildman–Crippen MR) is 311 cm³/mol. The summed E-state index contributed by atoms with van der Waals surface area (Å²) in [5.74, 6) is 0. The molecule has 2 aromatic heterocycles. The van der Waals surface area contributed by atoms with Gasteiger partial charge in [-0.15, -0.1) is 0 Å². The normalized spacial score (nSPS) is 12.3. The van der Waals surface area contributed by atoms with Crippen molar-refractivity contribution in [3.8, 4) is 0 Å². The van der Waals surface area contributed by atoms with Crippen molar-refractivity contribution >= 4 is 110 Å². The molecule has 2 heterocycles. The van der Waals surface area contributed by atoms with Crippen LogP contribution in [-0.2, 0) is 10.8 Å². The molecule has 4 heteroatoms. The quantitative estimate of drug-likeness (QED) is 0.128. The SMILES string of the molecule is CC(C)(c1ccccc1)c1ccc(N(c2ccc3ccc4c(N(c5ccc(C(C)(C)c6ccccc6)cc5)c5cccc6c5oc5ccccc56)ccc5ccc2c3c54)c2cccc3c2oc2ccccc23)cc1. The number of furan rings is 2. The molecule has 0 aliphatic rings. The second-order valence-electron chi connectivity index (χ2n) is 20.8. The molecule has 14 rings (SSSR count). The largest absolute Gasteiger partial charge is 0.454 e. The summed E-state index contributed by atoms with van der Waals surface area (Å²) in [4.78, 5) is 4.81. The van der Waals surface area contributed by atoms with E-state index in [-0.39, 0.29) is 10.8 Å². The first-order valence-electron chi connectivity index (χ1n) is 25.7. The van der Waals surface area contributed by atoms with Crippen LogP contribution in [0.5, 0.6) is 0 Å². The Morgan fingerprint density at radius 3 is 1.04 bits per heavy atom. The van der Waals surface area contributed by atoms with Crippen molar-refractivity contribution in [3.63, 3.8) is 0 Å². The van der Waals surface area contributed by atoms with E-state index in [0.717, 1.165) is 88.8 Å². The Bertz CT molecular complexity index is 4130. The van der Waals surface area contributed by atoms with Gasteiger partial charge in [0.05, 0.1) is 22.7 Å². The van der Waals surface area contributed by atoms with E-state index in [1.807, 2.05) is 12.1 Å². The third kappa shape index (κ3) is 6.75.